The molecule has 0 atom stereocenters. The van der Waals surface area contributed by atoms with Crippen molar-refractivity contribution in [3.05, 3.63) is 22.8 Å². The Morgan fingerprint density at radius 1 is 1.30 bits per heavy atom. The molecular weight excluding hydrogens is 282 g/mol. The third-order valence-electron chi connectivity index (χ3n) is 2.36. The van der Waals surface area contributed by atoms with Crippen molar-refractivity contribution < 1.29 is 9.59 Å². The molecule has 0 radical (unpaired) electrons. The van der Waals surface area contributed by atoms with E-state index in [4.69, 9.17) is 17.3 Å². The average molecular weight is 300 g/mol. The van der Waals surface area contributed by atoms with E-state index >= 15 is 0 Å². The summed E-state index contributed by atoms with van der Waals surface area (Å²) in [5, 5.41) is 8.43. The number of rotatable bonds is 7. The zero-order valence-electron chi connectivity index (χ0n) is 11.2. The van der Waals surface area contributed by atoms with Crippen molar-refractivity contribution in [2.75, 3.05) is 25.0 Å². The van der Waals surface area contributed by atoms with Gasteiger partial charge in [-0.2, -0.15) is 0 Å². The number of nitrogens with one attached hydrogen (secondary N) is 3. The average Bonchev–Trinajstić information content (AvgIpc) is 2.41. The molecule has 1 heterocycles. The van der Waals surface area contributed by atoms with Crippen LogP contribution in [0.2, 0.25) is 5.02 Å². The number of nitrogens with two attached hydrogens (primary N) is 1. The summed E-state index contributed by atoms with van der Waals surface area (Å²) < 4.78 is 0. The van der Waals surface area contributed by atoms with E-state index in [1.165, 1.54) is 6.20 Å². The fourth-order valence-corrected chi connectivity index (χ4v) is 1.63. The van der Waals surface area contributed by atoms with Gasteiger partial charge in [0.2, 0.25) is 0 Å². The summed E-state index contributed by atoms with van der Waals surface area (Å²) in [4.78, 5) is 26.3. The minimum absolute atomic E-state index is 0.262. The van der Waals surface area contributed by atoms with E-state index in [1.807, 2.05) is 6.92 Å². The van der Waals surface area contributed by atoms with Crippen molar-refractivity contribution in [2.45, 2.75) is 13.3 Å². The molecule has 5 N–H and O–H groups in total. The third kappa shape index (κ3) is 5.31. The molecule has 0 aromatic carbocycles. The van der Waals surface area contributed by atoms with Gasteiger partial charge in [-0.25, -0.2) is 9.78 Å². The lowest BCUT2D eigenvalue weighted by atomic mass is 10.2. The predicted octanol–water partition coefficient (Wildman–Crippen LogP) is 0.955. The number of aromatic nitrogens is 1. The Balaban J connectivity index is 2.52. The second-order valence-corrected chi connectivity index (χ2v) is 4.44. The van der Waals surface area contributed by atoms with Gasteiger partial charge in [-0.1, -0.05) is 18.5 Å². The molecule has 0 fully saturated rings. The van der Waals surface area contributed by atoms with Crippen LogP contribution in [-0.2, 0) is 0 Å². The number of pyridine rings is 1. The van der Waals surface area contributed by atoms with Crippen LogP contribution in [-0.4, -0.2) is 36.6 Å². The van der Waals surface area contributed by atoms with Gasteiger partial charge in [0.1, 0.15) is 5.82 Å². The maximum atomic E-state index is 11.8. The number of halogens is 1. The fraction of sp³-hybridized carbons (Fsp3) is 0.417. The summed E-state index contributed by atoms with van der Waals surface area (Å²) in [7, 11) is 0. The highest BCUT2D eigenvalue weighted by Gasteiger charge is 2.09. The van der Waals surface area contributed by atoms with E-state index < -0.39 is 6.03 Å². The largest absolute Gasteiger partial charge is 0.369 e. The van der Waals surface area contributed by atoms with Crippen LogP contribution in [0.5, 0.6) is 0 Å². The number of nitrogens with zero attached hydrogens (tertiary/aromatic N) is 1. The summed E-state index contributed by atoms with van der Waals surface area (Å²) in [6, 6.07) is 0.916. The van der Waals surface area contributed by atoms with Gasteiger partial charge in [0.15, 0.2) is 0 Å². The van der Waals surface area contributed by atoms with E-state index in [-0.39, 0.29) is 19.0 Å². The molecule has 0 aliphatic carbocycles. The number of carbonyl (C=O) groups is 2. The van der Waals surface area contributed by atoms with Crippen LogP contribution < -0.4 is 21.7 Å². The van der Waals surface area contributed by atoms with Crippen LogP contribution in [0.3, 0.4) is 0 Å². The molecule has 3 amide bonds. The number of primary amides is 1. The van der Waals surface area contributed by atoms with Crippen molar-refractivity contribution in [3.8, 4) is 0 Å². The Bertz CT molecular complexity index is 481. The number of hydrogen-bond donors (Lipinski definition) is 4. The van der Waals surface area contributed by atoms with Crippen molar-refractivity contribution in [3.63, 3.8) is 0 Å². The number of hydrogen-bond acceptors (Lipinski definition) is 4. The number of carbonyl (C=O) groups excluding carboxylic acids is 2. The zero-order valence-corrected chi connectivity index (χ0v) is 12.0. The molecule has 0 unspecified atom stereocenters. The van der Waals surface area contributed by atoms with Crippen molar-refractivity contribution >= 4 is 29.4 Å². The summed E-state index contributed by atoms with van der Waals surface area (Å²) >= 11 is 6.03. The van der Waals surface area contributed by atoms with E-state index in [0.29, 0.717) is 16.4 Å². The Labute approximate surface area is 122 Å². The second kappa shape index (κ2) is 8.21. The van der Waals surface area contributed by atoms with Crippen LogP contribution in [0.15, 0.2) is 12.3 Å². The van der Waals surface area contributed by atoms with Gasteiger partial charge in [-0.05, 0) is 12.5 Å². The lowest BCUT2D eigenvalue weighted by Gasteiger charge is -2.08. The van der Waals surface area contributed by atoms with Gasteiger partial charge in [0.25, 0.3) is 5.91 Å². The predicted molar refractivity (Wildman–Crippen MR) is 77.9 cm³/mol. The molecular formula is C12H18ClN5O2. The van der Waals surface area contributed by atoms with Gasteiger partial charge in [0.05, 0.1) is 10.6 Å². The SMILES string of the molecule is CCCNc1ncc(C(=O)NCCNC(N)=O)cc1Cl. The Kier molecular flexibility index (Phi) is 6.58. The van der Waals surface area contributed by atoms with Crippen LogP contribution in [0.1, 0.15) is 23.7 Å². The highest BCUT2D eigenvalue weighted by Crippen LogP contribution is 2.19. The smallest absolute Gasteiger partial charge is 0.312 e. The summed E-state index contributed by atoms with van der Waals surface area (Å²) in [5.74, 6) is 0.244. The quantitative estimate of drug-likeness (QED) is 0.562. The lowest BCUT2D eigenvalue weighted by molar-refractivity contribution is 0.0953. The monoisotopic (exact) mass is 299 g/mol. The molecule has 0 saturated heterocycles. The molecule has 8 heteroatoms. The molecule has 7 nitrogen and oxygen atoms in total. The molecule has 0 spiro atoms. The minimum Gasteiger partial charge on any atom is -0.369 e. The maximum absolute atomic E-state index is 11.8. The molecule has 20 heavy (non-hydrogen) atoms. The Hall–Kier alpha value is -2.02. The second-order valence-electron chi connectivity index (χ2n) is 4.03. The topological polar surface area (TPSA) is 109 Å². The van der Waals surface area contributed by atoms with Crippen LogP contribution >= 0.6 is 11.6 Å². The molecule has 1 aromatic rings. The standard InChI is InChI=1S/C12H18ClN5O2/c1-2-3-15-10-9(13)6-8(7-18-10)11(19)16-4-5-17-12(14)20/h6-7H,2-5H2,1H3,(H,15,18)(H,16,19)(H3,14,17,20). The number of anilines is 1. The molecule has 110 valence electrons. The van der Waals surface area contributed by atoms with E-state index in [9.17, 15) is 9.59 Å². The highest BCUT2D eigenvalue weighted by atomic mass is 35.5. The molecule has 0 bridgehead atoms. The van der Waals surface area contributed by atoms with E-state index in [0.717, 1.165) is 13.0 Å². The minimum atomic E-state index is -0.629. The molecule has 0 aliphatic rings. The first-order valence-electron chi connectivity index (χ1n) is 6.25. The Morgan fingerprint density at radius 2 is 2.00 bits per heavy atom. The van der Waals surface area contributed by atoms with E-state index in [1.54, 1.807) is 6.07 Å². The van der Waals surface area contributed by atoms with Crippen molar-refractivity contribution in [1.29, 1.82) is 0 Å². The van der Waals surface area contributed by atoms with Crippen LogP contribution in [0.4, 0.5) is 10.6 Å². The summed E-state index contributed by atoms with van der Waals surface area (Å²) in [6.07, 6.45) is 2.40. The van der Waals surface area contributed by atoms with Crippen molar-refractivity contribution in [2.24, 2.45) is 5.73 Å². The Morgan fingerprint density at radius 3 is 2.60 bits per heavy atom. The first-order chi connectivity index (χ1) is 9.54. The number of urea groups is 1. The summed E-state index contributed by atoms with van der Waals surface area (Å²) in [5.41, 5.74) is 5.26. The molecule has 1 aromatic heterocycles. The molecule has 0 saturated carbocycles. The van der Waals surface area contributed by atoms with Gasteiger partial charge in [-0.15, -0.1) is 0 Å². The maximum Gasteiger partial charge on any atom is 0.312 e. The van der Waals surface area contributed by atoms with Gasteiger partial charge in [-0.3, -0.25) is 4.79 Å². The lowest BCUT2D eigenvalue weighted by Crippen LogP contribution is -2.37. The van der Waals surface area contributed by atoms with Gasteiger partial charge >= 0.3 is 6.03 Å². The number of amides is 3. The highest BCUT2D eigenvalue weighted by molar-refractivity contribution is 6.33. The molecule has 1 rings (SSSR count). The van der Waals surface area contributed by atoms with Crippen LogP contribution in [0.25, 0.3) is 0 Å². The normalized spacial score (nSPS) is 9.90. The van der Waals surface area contributed by atoms with Crippen LogP contribution in [0, 0.1) is 0 Å². The first kappa shape index (κ1) is 16.0. The zero-order chi connectivity index (χ0) is 15.0. The third-order valence-corrected chi connectivity index (χ3v) is 2.64. The van der Waals surface area contributed by atoms with Gasteiger partial charge in [0, 0.05) is 25.8 Å². The molecule has 0 aliphatic heterocycles. The van der Waals surface area contributed by atoms with Crippen molar-refractivity contribution in [1.82, 2.24) is 15.6 Å². The fourth-order valence-electron chi connectivity index (χ4n) is 1.40. The first-order valence-corrected chi connectivity index (χ1v) is 6.63. The van der Waals surface area contributed by atoms with E-state index in [2.05, 4.69) is 20.9 Å². The van der Waals surface area contributed by atoms with Gasteiger partial charge < -0.3 is 21.7 Å². The summed E-state index contributed by atoms with van der Waals surface area (Å²) in [6.45, 7) is 3.33.